The van der Waals surface area contributed by atoms with E-state index in [-0.39, 0.29) is 12.1 Å². The van der Waals surface area contributed by atoms with Crippen molar-refractivity contribution in [1.82, 2.24) is 10.3 Å². The highest BCUT2D eigenvalue weighted by molar-refractivity contribution is 5.94. The summed E-state index contributed by atoms with van der Waals surface area (Å²) in [6.45, 7) is 0. The Kier molecular flexibility index (Phi) is 4.92. The van der Waals surface area contributed by atoms with Gasteiger partial charge in [0.1, 0.15) is 11.7 Å². The molecular weight excluding hydrogens is 259 g/mol. The van der Waals surface area contributed by atoms with Crippen LogP contribution in [0.2, 0.25) is 0 Å². The highest BCUT2D eigenvalue weighted by Crippen LogP contribution is 2.02. The van der Waals surface area contributed by atoms with Crippen LogP contribution in [-0.2, 0) is 9.59 Å². The van der Waals surface area contributed by atoms with E-state index < -0.39 is 36.3 Å². The molecule has 0 aromatic carbocycles. The summed E-state index contributed by atoms with van der Waals surface area (Å²) < 4.78 is 12.8. The molecule has 1 atom stereocenters. The fourth-order valence-electron chi connectivity index (χ4n) is 1.29. The Morgan fingerprint density at radius 2 is 2.00 bits per heavy atom. The van der Waals surface area contributed by atoms with Crippen molar-refractivity contribution in [2.75, 3.05) is 0 Å². The zero-order valence-electron chi connectivity index (χ0n) is 9.67. The van der Waals surface area contributed by atoms with Crippen molar-refractivity contribution in [2.24, 2.45) is 0 Å². The van der Waals surface area contributed by atoms with Gasteiger partial charge in [0.05, 0.1) is 0 Å². The van der Waals surface area contributed by atoms with Crippen molar-refractivity contribution >= 4 is 17.8 Å². The molecule has 1 rings (SSSR count). The minimum absolute atomic E-state index is 0.272. The molecule has 0 aliphatic heterocycles. The maximum absolute atomic E-state index is 12.8. The molecule has 7 nitrogen and oxygen atoms in total. The number of aromatic nitrogens is 1. The van der Waals surface area contributed by atoms with E-state index in [1.165, 1.54) is 12.1 Å². The standard InChI is InChI=1S/C11H11FN2O5/c12-8-3-1-2-6(13-8)10(17)14-7(11(18)19)4-5-9(15)16/h1-3,7H,4-5H2,(H,14,17)(H,15,16)(H,18,19). The second kappa shape index (κ2) is 6.43. The summed E-state index contributed by atoms with van der Waals surface area (Å²) in [6, 6.07) is 2.14. The van der Waals surface area contributed by atoms with Crippen LogP contribution in [0, 0.1) is 5.95 Å². The van der Waals surface area contributed by atoms with Gasteiger partial charge in [0.2, 0.25) is 5.95 Å². The first-order valence-electron chi connectivity index (χ1n) is 5.28. The molecule has 1 amide bonds. The van der Waals surface area contributed by atoms with Crippen molar-refractivity contribution in [3.8, 4) is 0 Å². The largest absolute Gasteiger partial charge is 0.481 e. The van der Waals surface area contributed by atoms with Crippen molar-refractivity contribution in [1.29, 1.82) is 0 Å². The molecule has 1 heterocycles. The summed E-state index contributed by atoms with van der Waals surface area (Å²) in [5.41, 5.74) is -0.276. The molecule has 3 N–H and O–H groups in total. The van der Waals surface area contributed by atoms with Crippen molar-refractivity contribution in [3.05, 3.63) is 29.8 Å². The molecule has 1 unspecified atom stereocenters. The Bertz CT molecular complexity index is 506. The van der Waals surface area contributed by atoms with E-state index in [1.807, 2.05) is 0 Å². The van der Waals surface area contributed by atoms with Crippen molar-refractivity contribution in [3.63, 3.8) is 0 Å². The molecule has 0 saturated carbocycles. The molecule has 19 heavy (non-hydrogen) atoms. The third kappa shape index (κ3) is 4.70. The molecule has 0 fully saturated rings. The number of carbonyl (C=O) groups is 3. The first kappa shape index (κ1) is 14.6. The molecule has 0 saturated heterocycles. The Labute approximate surface area is 107 Å². The van der Waals surface area contributed by atoms with Crippen LogP contribution in [0.4, 0.5) is 4.39 Å². The number of rotatable bonds is 6. The first-order chi connectivity index (χ1) is 8.90. The summed E-state index contributed by atoms with van der Waals surface area (Å²) in [5.74, 6) is -4.29. The average molecular weight is 270 g/mol. The Balaban J connectivity index is 2.71. The number of nitrogens with zero attached hydrogens (tertiary/aromatic N) is 1. The van der Waals surface area contributed by atoms with Gasteiger partial charge in [0, 0.05) is 6.42 Å². The number of carboxylic acids is 2. The number of aliphatic carboxylic acids is 2. The quantitative estimate of drug-likeness (QED) is 0.639. The second-order valence-electron chi connectivity index (χ2n) is 3.64. The lowest BCUT2D eigenvalue weighted by atomic mass is 10.1. The van der Waals surface area contributed by atoms with Crippen molar-refractivity contribution in [2.45, 2.75) is 18.9 Å². The number of amides is 1. The third-order valence-corrected chi connectivity index (χ3v) is 2.20. The van der Waals surface area contributed by atoms with Crippen LogP contribution < -0.4 is 5.32 Å². The predicted octanol–water partition coefficient (Wildman–Crippen LogP) is 0.268. The molecule has 0 aliphatic carbocycles. The van der Waals surface area contributed by atoms with Crippen LogP contribution in [0.1, 0.15) is 23.3 Å². The maximum Gasteiger partial charge on any atom is 0.326 e. The number of pyridine rings is 1. The molecule has 1 aromatic heterocycles. The van der Waals surface area contributed by atoms with Gasteiger partial charge in [-0.25, -0.2) is 9.78 Å². The molecule has 1 aromatic rings. The van der Waals surface area contributed by atoms with Gasteiger partial charge in [-0.15, -0.1) is 0 Å². The normalized spacial score (nSPS) is 11.6. The zero-order chi connectivity index (χ0) is 14.4. The van der Waals surface area contributed by atoms with E-state index in [4.69, 9.17) is 10.2 Å². The van der Waals surface area contributed by atoms with Gasteiger partial charge >= 0.3 is 11.9 Å². The summed E-state index contributed by atoms with van der Waals surface area (Å²) in [7, 11) is 0. The van der Waals surface area contributed by atoms with E-state index in [0.717, 1.165) is 6.07 Å². The first-order valence-corrected chi connectivity index (χ1v) is 5.28. The minimum Gasteiger partial charge on any atom is -0.481 e. The van der Waals surface area contributed by atoms with Gasteiger partial charge in [-0.2, -0.15) is 4.39 Å². The number of hydrogen-bond acceptors (Lipinski definition) is 4. The van der Waals surface area contributed by atoms with Gasteiger partial charge in [0.15, 0.2) is 0 Å². The molecule has 0 spiro atoms. The van der Waals surface area contributed by atoms with E-state index >= 15 is 0 Å². The molecule has 0 radical (unpaired) electrons. The van der Waals surface area contributed by atoms with E-state index in [2.05, 4.69) is 10.3 Å². The molecule has 0 bridgehead atoms. The SMILES string of the molecule is O=C(O)CCC(NC(=O)c1cccc(F)n1)C(=O)O. The van der Waals surface area contributed by atoms with Gasteiger partial charge in [-0.3, -0.25) is 9.59 Å². The predicted molar refractivity (Wildman–Crippen MR) is 60.0 cm³/mol. The summed E-state index contributed by atoms with van der Waals surface area (Å²) in [4.78, 5) is 36.1. The second-order valence-corrected chi connectivity index (χ2v) is 3.64. The Morgan fingerprint density at radius 3 is 2.53 bits per heavy atom. The molecule has 102 valence electrons. The lowest BCUT2D eigenvalue weighted by Crippen LogP contribution is -2.41. The number of nitrogens with one attached hydrogen (secondary N) is 1. The molecule has 0 aliphatic rings. The lowest BCUT2D eigenvalue weighted by Gasteiger charge is -2.12. The number of hydrogen-bond donors (Lipinski definition) is 3. The highest BCUT2D eigenvalue weighted by atomic mass is 19.1. The smallest absolute Gasteiger partial charge is 0.326 e. The monoisotopic (exact) mass is 270 g/mol. The summed E-state index contributed by atoms with van der Waals surface area (Å²) in [5, 5.41) is 19.4. The summed E-state index contributed by atoms with van der Waals surface area (Å²) >= 11 is 0. The Morgan fingerprint density at radius 1 is 1.32 bits per heavy atom. The number of halogens is 1. The lowest BCUT2D eigenvalue weighted by molar-refractivity contribution is -0.140. The van der Waals surface area contributed by atoms with Crippen LogP contribution in [-0.4, -0.2) is 39.1 Å². The minimum atomic E-state index is -1.37. The van der Waals surface area contributed by atoms with Crippen LogP contribution in [0.25, 0.3) is 0 Å². The van der Waals surface area contributed by atoms with Crippen LogP contribution in [0.15, 0.2) is 18.2 Å². The van der Waals surface area contributed by atoms with E-state index in [0.29, 0.717) is 0 Å². The number of carboxylic acid groups (broad SMARTS) is 2. The van der Waals surface area contributed by atoms with Gasteiger partial charge < -0.3 is 15.5 Å². The van der Waals surface area contributed by atoms with Gasteiger partial charge in [-0.1, -0.05) is 6.07 Å². The Hall–Kier alpha value is -2.51. The fraction of sp³-hybridized carbons (Fsp3) is 0.273. The zero-order valence-corrected chi connectivity index (χ0v) is 9.67. The number of carbonyl (C=O) groups excluding carboxylic acids is 1. The molecular formula is C11H11FN2O5. The van der Waals surface area contributed by atoms with Crippen LogP contribution in [0.5, 0.6) is 0 Å². The van der Waals surface area contributed by atoms with Crippen molar-refractivity contribution < 1.29 is 29.0 Å². The molecule has 8 heteroatoms. The van der Waals surface area contributed by atoms with E-state index in [1.54, 1.807) is 0 Å². The van der Waals surface area contributed by atoms with E-state index in [9.17, 15) is 18.8 Å². The maximum atomic E-state index is 12.8. The summed E-state index contributed by atoms with van der Waals surface area (Å²) in [6.07, 6.45) is -0.681. The van der Waals surface area contributed by atoms with Crippen LogP contribution in [0.3, 0.4) is 0 Å². The van der Waals surface area contributed by atoms with Gasteiger partial charge in [-0.05, 0) is 18.6 Å². The van der Waals surface area contributed by atoms with Gasteiger partial charge in [0.25, 0.3) is 5.91 Å². The third-order valence-electron chi connectivity index (χ3n) is 2.20. The van der Waals surface area contributed by atoms with Crippen LogP contribution >= 0.6 is 0 Å². The fourth-order valence-corrected chi connectivity index (χ4v) is 1.29. The highest BCUT2D eigenvalue weighted by Gasteiger charge is 2.22. The topological polar surface area (TPSA) is 117 Å². The average Bonchev–Trinajstić information content (AvgIpc) is 2.33.